The summed E-state index contributed by atoms with van der Waals surface area (Å²) in [5, 5.41) is 17.7. The molecule has 0 bridgehead atoms. The molecule has 3 heterocycles. The summed E-state index contributed by atoms with van der Waals surface area (Å²) >= 11 is 5.99. The molecule has 4 rings (SSSR count). The van der Waals surface area contributed by atoms with Crippen molar-refractivity contribution in [2.24, 2.45) is 5.41 Å². The van der Waals surface area contributed by atoms with E-state index in [1.54, 1.807) is 15.8 Å². The molecule has 0 unspecified atom stereocenters. The summed E-state index contributed by atoms with van der Waals surface area (Å²) in [5.74, 6) is -1.79. The van der Waals surface area contributed by atoms with Gasteiger partial charge in [-0.1, -0.05) is 32.0 Å². The second kappa shape index (κ2) is 12.8. The Kier molecular flexibility index (Phi) is 9.56. The zero-order valence-corrected chi connectivity index (χ0v) is 24.4. The van der Waals surface area contributed by atoms with Crippen molar-refractivity contribution in [1.29, 1.82) is 0 Å². The number of carboxylic acids is 1. The van der Waals surface area contributed by atoms with E-state index in [1.807, 2.05) is 24.8 Å². The Labute approximate surface area is 248 Å². The molecule has 2 aromatic rings. The molecule has 0 saturated carbocycles. The van der Waals surface area contributed by atoms with Gasteiger partial charge in [0.15, 0.2) is 5.75 Å². The minimum atomic E-state index is -3.11. The van der Waals surface area contributed by atoms with Gasteiger partial charge in [-0.05, 0) is 55.9 Å². The Hall–Kier alpha value is -3.51. The van der Waals surface area contributed by atoms with Crippen LogP contribution in [0.5, 0.6) is 5.75 Å². The van der Waals surface area contributed by atoms with Crippen LogP contribution in [0.2, 0.25) is 5.02 Å². The molecule has 0 aliphatic carbocycles. The first-order valence-electron chi connectivity index (χ1n) is 13.9. The zero-order chi connectivity index (χ0) is 30.7. The largest absolute Gasteiger partial charge is 0.481 e. The number of aromatic nitrogens is 2. The summed E-state index contributed by atoms with van der Waals surface area (Å²) in [6.45, 7) is 6.10. The number of carbonyl (C=O) groups is 3. The molecule has 0 spiro atoms. The van der Waals surface area contributed by atoms with Crippen molar-refractivity contribution < 1.29 is 33.0 Å². The second-order valence-corrected chi connectivity index (χ2v) is 11.7. The maximum Gasteiger partial charge on any atom is 0.387 e. The van der Waals surface area contributed by atoms with Crippen molar-refractivity contribution in [1.82, 2.24) is 19.6 Å². The summed E-state index contributed by atoms with van der Waals surface area (Å²) in [7, 11) is 0. The highest BCUT2D eigenvalue weighted by atomic mass is 35.5. The van der Waals surface area contributed by atoms with Crippen LogP contribution in [0.15, 0.2) is 43.1 Å². The molecule has 2 aliphatic rings. The summed E-state index contributed by atoms with van der Waals surface area (Å²) in [5.41, 5.74) is -1.31. The number of likely N-dealkylation sites (tertiary alicyclic amines) is 2. The summed E-state index contributed by atoms with van der Waals surface area (Å²) in [6.07, 6.45) is 4.08. The normalized spacial score (nSPS) is 18.6. The number of ether oxygens (including phenoxy) is 1. The lowest BCUT2D eigenvalue weighted by atomic mass is 9.76. The predicted molar refractivity (Wildman–Crippen MR) is 153 cm³/mol. The number of carboxylic acid groups (broad SMARTS) is 1. The third kappa shape index (κ3) is 6.44. The highest BCUT2D eigenvalue weighted by molar-refractivity contribution is 6.30. The number of nitrogens with one attached hydrogen (secondary N) is 1. The highest BCUT2D eigenvalue weighted by Crippen LogP contribution is 2.39. The topological polar surface area (TPSA) is 117 Å². The minimum Gasteiger partial charge on any atom is -0.481 e. The van der Waals surface area contributed by atoms with Gasteiger partial charge in [-0.3, -0.25) is 19.1 Å². The molecule has 2 saturated heterocycles. The lowest BCUT2D eigenvalue weighted by molar-refractivity contribution is -0.156. The van der Waals surface area contributed by atoms with Gasteiger partial charge in [0, 0.05) is 55.7 Å². The van der Waals surface area contributed by atoms with Gasteiger partial charge in [0.05, 0.1) is 11.1 Å². The molecular formula is C29H36ClF2N5O5. The van der Waals surface area contributed by atoms with E-state index >= 15 is 0 Å². The van der Waals surface area contributed by atoms with E-state index < -0.39 is 29.4 Å². The molecule has 1 aromatic carbocycles. The van der Waals surface area contributed by atoms with Gasteiger partial charge in [-0.25, -0.2) is 0 Å². The number of carbonyl (C=O) groups excluding carboxylic acids is 2. The van der Waals surface area contributed by atoms with Crippen LogP contribution in [0, 0.1) is 5.41 Å². The van der Waals surface area contributed by atoms with Crippen LogP contribution in [0.25, 0.3) is 0 Å². The molecule has 0 atom stereocenters. The van der Waals surface area contributed by atoms with Crippen LogP contribution in [-0.2, 0) is 19.9 Å². The van der Waals surface area contributed by atoms with Crippen LogP contribution in [0.1, 0.15) is 51.1 Å². The molecule has 2 aliphatic heterocycles. The van der Waals surface area contributed by atoms with Crippen LogP contribution in [0.3, 0.4) is 0 Å². The molecule has 13 heteroatoms. The number of piperidine rings is 2. The highest BCUT2D eigenvalue weighted by Gasteiger charge is 2.48. The van der Waals surface area contributed by atoms with Gasteiger partial charge < -0.3 is 25.0 Å². The van der Waals surface area contributed by atoms with Gasteiger partial charge in [0.25, 0.3) is 5.91 Å². The number of benzene rings is 1. The molecule has 10 nitrogen and oxygen atoms in total. The van der Waals surface area contributed by atoms with Crippen molar-refractivity contribution in [3.63, 3.8) is 0 Å². The summed E-state index contributed by atoms with van der Waals surface area (Å²) in [4.78, 5) is 42.2. The average molecular weight is 608 g/mol. The number of anilines is 1. The number of halogens is 3. The van der Waals surface area contributed by atoms with Crippen molar-refractivity contribution in [3.8, 4) is 5.75 Å². The number of hydrogen-bond donors (Lipinski definition) is 2. The number of alkyl halides is 2. The third-order valence-electron chi connectivity index (χ3n) is 8.37. The predicted octanol–water partition coefficient (Wildman–Crippen LogP) is 4.57. The Morgan fingerprint density at radius 1 is 1.14 bits per heavy atom. The Morgan fingerprint density at radius 3 is 2.38 bits per heavy atom. The maximum absolute atomic E-state index is 14.1. The molecule has 228 valence electrons. The fourth-order valence-corrected chi connectivity index (χ4v) is 6.07. The summed E-state index contributed by atoms with van der Waals surface area (Å²) in [6, 6.07) is 5.94. The molecule has 1 aromatic heterocycles. The van der Waals surface area contributed by atoms with Gasteiger partial charge in [-0.2, -0.15) is 13.9 Å². The Bertz CT molecular complexity index is 1320. The van der Waals surface area contributed by atoms with Gasteiger partial charge in [-0.15, -0.1) is 0 Å². The lowest BCUT2D eigenvalue weighted by Crippen LogP contribution is -2.57. The van der Waals surface area contributed by atoms with Crippen LogP contribution in [0.4, 0.5) is 14.5 Å². The Morgan fingerprint density at radius 2 is 1.81 bits per heavy atom. The van der Waals surface area contributed by atoms with E-state index in [4.69, 9.17) is 11.6 Å². The van der Waals surface area contributed by atoms with E-state index in [1.165, 1.54) is 24.3 Å². The number of aliphatic carboxylic acids is 1. The zero-order valence-electron chi connectivity index (χ0n) is 23.7. The van der Waals surface area contributed by atoms with E-state index in [9.17, 15) is 28.3 Å². The number of amides is 2. The molecule has 42 heavy (non-hydrogen) atoms. The number of rotatable bonds is 10. The molecular weight excluding hydrogens is 572 g/mol. The monoisotopic (exact) mass is 607 g/mol. The lowest BCUT2D eigenvalue weighted by Gasteiger charge is -2.46. The quantitative estimate of drug-likeness (QED) is 0.380. The van der Waals surface area contributed by atoms with Crippen LogP contribution < -0.4 is 10.1 Å². The standard InChI is InChI=1S/C29H36ClF2N5O5/c1-4-24(38)36-15-8-28(9-16-36,26(40)41)18-35-13-10-29(11-14-35,37-22(19(2)3)7-12-33-37)25(39)34-21-6-5-20(30)17-23(21)42-27(31)32/h4-7,12,17,19,27H,1,8-11,13-16,18H2,2-3H3,(H,34,39)(H,40,41). The van der Waals surface area contributed by atoms with E-state index in [0.717, 1.165) is 5.69 Å². The first-order valence-corrected chi connectivity index (χ1v) is 14.3. The van der Waals surface area contributed by atoms with E-state index in [2.05, 4.69) is 21.7 Å². The third-order valence-corrected chi connectivity index (χ3v) is 8.60. The first kappa shape index (κ1) is 31.4. The Balaban J connectivity index is 1.58. The maximum atomic E-state index is 14.1. The number of nitrogens with zero attached hydrogens (tertiary/aromatic N) is 4. The SMILES string of the molecule is C=CC(=O)N1CCC(CN2CCC(C(=O)Nc3ccc(Cl)cc3OC(F)F)(n3nccc3C(C)C)CC2)(C(=O)O)CC1. The van der Waals surface area contributed by atoms with Gasteiger partial charge in [0.2, 0.25) is 5.91 Å². The van der Waals surface area contributed by atoms with Crippen molar-refractivity contribution in [3.05, 3.63) is 53.8 Å². The van der Waals surface area contributed by atoms with Crippen molar-refractivity contribution >= 4 is 35.1 Å². The number of hydrogen-bond acceptors (Lipinski definition) is 6. The van der Waals surface area contributed by atoms with Crippen LogP contribution >= 0.6 is 11.6 Å². The van der Waals surface area contributed by atoms with E-state index in [-0.39, 0.29) is 34.8 Å². The minimum absolute atomic E-state index is 0.0437. The second-order valence-electron chi connectivity index (χ2n) is 11.2. The van der Waals surface area contributed by atoms with Gasteiger partial charge >= 0.3 is 12.6 Å². The van der Waals surface area contributed by atoms with Crippen molar-refractivity contribution in [2.75, 3.05) is 38.0 Å². The smallest absolute Gasteiger partial charge is 0.387 e. The van der Waals surface area contributed by atoms with Gasteiger partial charge in [0.1, 0.15) is 5.54 Å². The first-order chi connectivity index (χ1) is 19.9. The molecule has 0 radical (unpaired) electrons. The molecule has 2 fully saturated rings. The molecule has 2 N–H and O–H groups in total. The fraction of sp³-hybridized carbons (Fsp3) is 0.517. The molecule has 2 amide bonds. The average Bonchev–Trinajstić information content (AvgIpc) is 3.46. The summed E-state index contributed by atoms with van der Waals surface area (Å²) < 4.78 is 32.5. The fourth-order valence-electron chi connectivity index (χ4n) is 5.91. The van der Waals surface area contributed by atoms with Crippen LogP contribution in [-0.4, -0.2) is 81.8 Å². The van der Waals surface area contributed by atoms with Crippen molar-refractivity contribution in [2.45, 2.75) is 57.6 Å². The van der Waals surface area contributed by atoms with E-state index in [0.29, 0.717) is 51.9 Å².